The Morgan fingerprint density at radius 3 is 2.19 bits per heavy atom. The van der Waals surface area contributed by atoms with Gasteiger partial charge in [-0.3, -0.25) is 29.3 Å². The van der Waals surface area contributed by atoms with Gasteiger partial charge in [0.15, 0.2) is 0 Å². The lowest BCUT2D eigenvalue weighted by Gasteiger charge is -2.34. The second-order valence-corrected chi connectivity index (χ2v) is 8.33. The van der Waals surface area contributed by atoms with Crippen LogP contribution in [0.25, 0.3) is 0 Å². The highest BCUT2D eigenvalue weighted by molar-refractivity contribution is 6.06. The molecule has 5 amide bonds. The van der Waals surface area contributed by atoms with Gasteiger partial charge in [-0.15, -0.1) is 0 Å². The van der Waals surface area contributed by atoms with Crippen molar-refractivity contribution < 1.29 is 43.9 Å². The standard InChI is InChI=1S/C21H25N5O10/c1-10(2)17(20(32)33)23-18(30)15(9-16(28)29)24(11(3)27)25-19(31)14(22-21(25)34)8-12-4-6-13(7-5-12)26(35)36/h4-7,10,14-15,17H,8-9H2,1-3H3,(H,22,34)(H,23,30)(H,28,29)(H,32,33)/t14-,15-,17-/m0/s1. The van der Waals surface area contributed by atoms with E-state index < -0.39 is 71.1 Å². The number of imide groups is 1. The summed E-state index contributed by atoms with van der Waals surface area (Å²) in [6, 6.07) is -0.521. The molecule has 194 valence electrons. The van der Waals surface area contributed by atoms with Gasteiger partial charge < -0.3 is 20.8 Å². The van der Waals surface area contributed by atoms with Gasteiger partial charge in [-0.1, -0.05) is 26.0 Å². The highest BCUT2D eigenvalue weighted by Crippen LogP contribution is 2.20. The summed E-state index contributed by atoms with van der Waals surface area (Å²) in [6.07, 6.45) is -1.14. The lowest BCUT2D eigenvalue weighted by Crippen LogP contribution is -2.61. The van der Waals surface area contributed by atoms with Gasteiger partial charge in [0.1, 0.15) is 18.1 Å². The van der Waals surface area contributed by atoms with Crippen LogP contribution in [-0.2, 0) is 30.4 Å². The van der Waals surface area contributed by atoms with Crippen molar-refractivity contribution in [2.24, 2.45) is 5.92 Å². The number of hydrogen-bond donors (Lipinski definition) is 4. The number of non-ortho nitro benzene ring substituents is 1. The predicted molar refractivity (Wildman–Crippen MR) is 119 cm³/mol. The zero-order valence-corrected chi connectivity index (χ0v) is 19.5. The Kier molecular flexibility index (Phi) is 8.65. The van der Waals surface area contributed by atoms with Crippen molar-refractivity contribution in [1.82, 2.24) is 20.7 Å². The molecule has 1 aromatic rings. The minimum atomic E-state index is -1.92. The van der Waals surface area contributed by atoms with Crippen molar-refractivity contribution in [1.29, 1.82) is 0 Å². The minimum absolute atomic E-state index is 0.116. The van der Waals surface area contributed by atoms with Gasteiger partial charge in [-0.2, -0.15) is 5.01 Å². The zero-order chi connectivity index (χ0) is 27.3. The third-order valence-electron chi connectivity index (χ3n) is 5.32. The molecule has 1 fully saturated rings. The Morgan fingerprint density at radius 2 is 1.75 bits per heavy atom. The second-order valence-electron chi connectivity index (χ2n) is 8.33. The van der Waals surface area contributed by atoms with Crippen LogP contribution < -0.4 is 10.6 Å². The lowest BCUT2D eigenvalue weighted by atomic mass is 10.0. The van der Waals surface area contributed by atoms with Crippen LogP contribution in [0.5, 0.6) is 0 Å². The number of carboxylic acid groups (broad SMARTS) is 2. The summed E-state index contributed by atoms with van der Waals surface area (Å²) in [7, 11) is 0. The van der Waals surface area contributed by atoms with Crippen LogP contribution in [0.1, 0.15) is 32.8 Å². The van der Waals surface area contributed by atoms with Crippen molar-refractivity contribution >= 4 is 41.4 Å². The van der Waals surface area contributed by atoms with Crippen molar-refractivity contribution in [2.75, 3.05) is 0 Å². The Morgan fingerprint density at radius 1 is 1.17 bits per heavy atom. The Bertz CT molecular complexity index is 1090. The number of hydrazine groups is 1. The van der Waals surface area contributed by atoms with Gasteiger partial charge >= 0.3 is 18.0 Å². The topological polar surface area (TPSA) is 217 Å². The van der Waals surface area contributed by atoms with Crippen molar-refractivity contribution in [2.45, 2.75) is 51.7 Å². The molecule has 0 unspecified atom stereocenters. The highest BCUT2D eigenvalue weighted by Gasteiger charge is 2.47. The molecule has 0 radical (unpaired) electrons. The summed E-state index contributed by atoms with van der Waals surface area (Å²) in [5.74, 6) is -6.74. The number of carbonyl (C=O) groups excluding carboxylic acids is 4. The Balaban J connectivity index is 2.35. The molecule has 0 spiro atoms. The summed E-state index contributed by atoms with van der Waals surface area (Å²) in [4.78, 5) is 84.3. The van der Waals surface area contributed by atoms with E-state index in [9.17, 15) is 49.1 Å². The largest absolute Gasteiger partial charge is 0.481 e. The maximum Gasteiger partial charge on any atom is 0.344 e. The number of urea groups is 1. The van der Waals surface area contributed by atoms with Crippen LogP contribution in [-0.4, -0.2) is 79.0 Å². The smallest absolute Gasteiger partial charge is 0.344 e. The molecule has 1 heterocycles. The quantitative estimate of drug-likeness (QED) is 0.177. The maximum atomic E-state index is 13.1. The number of amides is 5. The molecule has 3 atom stereocenters. The van der Waals surface area contributed by atoms with Gasteiger partial charge in [-0.25, -0.2) is 14.6 Å². The van der Waals surface area contributed by atoms with Gasteiger partial charge in [-0.05, 0) is 11.5 Å². The Hall–Kier alpha value is -4.56. The number of nitro benzene ring substituents is 1. The SMILES string of the molecule is CC(=O)N([C@@H](CC(=O)O)C(=O)N[C@H](C(=O)O)C(C)C)N1C(=O)N[C@@H](Cc2ccc([N+](=O)[O-])cc2)C1=O. The van der Waals surface area contributed by atoms with Crippen LogP contribution in [0.15, 0.2) is 24.3 Å². The van der Waals surface area contributed by atoms with Gasteiger partial charge in [0.25, 0.3) is 11.6 Å². The fourth-order valence-electron chi connectivity index (χ4n) is 3.57. The molecule has 0 aromatic heterocycles. The number of rotatable bonds is 11. The van der Waals surface area contributed by atoms with Gasteiger partial charge in [0.05, 0.1) is 11.3 Å². The van der Waals surface area contributed by atoms with E-state index in [1.807, 2.05) is 0 Å². The average Bonchev–Trinajstić information content (AvgIpc) is 3.04. The molecule has 2 rings (SSSR count). The summed E-state index contributed by atoms with van der Waals surface area (Å²) in [6.45, 7) is 3.89. The maximum absolute atomic E-state index is 13.1. The van der Waals surface area contributed by atoms with E-state index in [2.05, 4.69) is 10.6 Å². The molecule has 1 aliphatic heterocycles. The molecule has 15 nitrogen and oxygen atoms in total. The number of aliphatic carboxylic acids is 2. The fourth-order valence-corrected chi connectivity index (χ4v) is 3.57. The number of nitrogens with zero attached hydrogens (tertiary/aromatic N) is 3. The normalized spacial score (nSPS) is 16.8. The van der Waals surface area contributed by atoms with E-state index in [0.29, 0.717) is 15.6 Å². The number of carboxylic acids is 2. The zero-order valence-electron chi connectivity index (χ0n) is 19.5. The molecule has 1 aromatic carbocycles. The first-order chi connectivity index (χ1) is 16.7. The number of nitrogens with one attached hydrogen (secondary N) is 2. The molecular weight excluding hydrogens is 482 g/mol. The third kappa shape index (κ3) is 6.31. The molecule has 4 N–H and O–H groups in total. The molecule has 0 aliphatic carbocycles. The van der Waals surface area contributed by atoms with E-state index in [4.69, 9.17) is 0 Å². The Labute approximate surface area is 204 Å². The van der Waals surface area contributed by atoms with Crippen LogP contribution in [0, 0.1) is 16.0 Å². The average molecular weight is 507 g/mol. The highest BCUT2D eigenvalue weighted by atomic mass is 16.6. The molecule has 0 bridgehead atoms. The second kappa shape index (κ2) is 11.2. The van der Waals surface area contributed by atoms with Crippen molar-refractivity contribution in [3.63, 3.8) is 0 Å². The molecule has 15 heteroatoms. The number of carbonyl (C=O) groups is 6. The minimum Gasteiger partial charge on any atom is -0.481 e. The van der Waals surface area contributed by atoms with Gasteiger partial charge in [0, 0.05) is 25.5 Å². The van der Waals surface area contributed by atoms with Crippen molar-refractivity contribution in [3.05, 3.63) is 39.9 Å². The molecule has 1 aliphatic rings. The number of hydrogen-bond acceptors (Lipinski definition) is 8. The lowest BCUT2D eigenvalue weighted by molar-refractivity contribution is -0.384. The fraction of sp³-hybridized carbons (Fsp3) is 0.429. The van der Waals surface area contributed by atoms with E-state index in [-0.39, 0.29) is 12.1 Å². The van der Waals surface area contributed by atoms with Crippen LogP contribution >= 0.6 is 0 Å². The first-order valence-corrected chi connectivity index (χ1v) is 10.7. The predicted octanol–water partition coefficient (Wildman–Crippen LogP) is -0.110. The van der Waals surface area contributed by atoms with E-state index in [1.165, 1.54) is 38.1 Å². The number of benzene rings is 1. The summed E-state index contributed by atoms with van der Waals surface area (Å²) in [5, 5.41) is 34.7. The summed E-state index contributed by atoms with van der Waals surface area (Å²) in [5.41, 5.74) is 0.255. The first kappa shape index (κ1) is 27.7. The van der Waals surface area contributed by atoms with E-state index in [0.717, 1.165) is 6.92 Å². The molecule has 0 saturated carbocycles. The van der Waals surface area contributed by atoms with Crippen LogP contribution in [0.2, 0.25) is 0 Å². The van der Waals surface area contributed by atoms with Gasteiger partial charge in [0.2, 0.25) is 11.8 Å². The summed E-state index contributed by atoms with van der Waals surface area (Å²) >= 11 is 0. The van der Waals surface area contributed by atoms with E-state index in [1.54, 1.807) is 0 Å². The van der Waals surface area contributed by atoms with Crippen molar-refractivity contribution in [3.8, 4) is 0 Å². The monoisotopic (exact) mass is 507 g/mol. The summed E-state index contributed by atoms with van der Waals surface area (Å²) < 4.78 is 0. The molecular formula is C21H25N5O10. The first-order valence-electron chi connectivity index (χ1n) is 10.7. The van der Waals surface area contributed by atoms with E-state index >= 15 is 0 Å². The molecule has 1 saturated heterocycles. The number of nitro groups is 1. The van der Waals surface area contributed by atoms with Crippen LogP contribution in [0.4, 0.5) is 10.5 Å². The molecule has 36 heavy (non-hydrogen) atoms. The van der Waals surface area contributed by atoms with Crippen LogP contribution in [0.3, 0.4) is 0 Å². The third-order valence-corrected chi connectivity index (χ3v) is 5.32.